The van der Waals surface area contributed by atoms with Crippen molar-refractivity contribution in [3.05, 3.63) is 36.4 Å². The van der Waals surface area contributed by atoms with Crippen LogP contribution in [0.4, 0.5) is 5.69 Å². The largest absolute Gasteiger partial charge is 0.492 e. The maximum Gasteiger partial charge on any atom is 0.310 e. The van der Waals surface area contributed by atoms with Crippen molar-refractivity contribution in [2.45, 2.75) is 19.1 Å². The zero-order chi connectivity index (χ0) is 19.0. The molecule has 3 heterocycles. The lowest BCUT2D eigenvalue weighted by Gasteiger charge is -2.38. The smallest absolute Gasteiger partial charge is 0.310 e. The molecular weight excluding hydrogens is 348 g/mol. The van der Waals surface area contributed by atoms with Gasteiger partial charge in [0.05, 0.1) is 30.4 Å². The number of rotatable bonds is 5. The van der Waals surface area contributed by atoms with E-state index in [-0.39, 0.29) is 5.91 Å². The number of hydrogen-bond donors (Lipinski definition) is 1. The van der Waals surface area contributed by atoms with Gasteiger partial charge in [0.15, 0.2) is 0 Å². The molecule has 0 aromatic heterocycles. The van der Waals surface area contributed by atoms with Gasteiger partial charge in [0.2, 0.25) is 5.91 Å². The molecule has 0 aliphatic carbocycles. The summed E-state index contributed by atoms with van der Waals surface area (Å²) in [5, 5.41) is 9.52. The molecule has 1 amide bonds. The Morgan fingerprint density at radius 3 is 2.44 bits per heavy atom. The van der Waals surface area contributed by atoms with E-state index in [4.69, 9.17) is 9.47 Å². The van der Waals surface area contributed by atoms with Crippen molar-refractivity contribution in [1.29, 1.82) is 0 Å². The van der Waals surface area contributed by atoms with Gasteiger partial charge in [0.25, 0.3) is 0 Å². The summed E-state index contributed by atoms with van der Waals surface area (Å²) in [4.78, 5) is 28.6. The third-order valence-corrected chi connectivity index (χ3v) is 5.57. The van der Waals surface area contributed by atoms with Gasteiger partial charge >= 0.3 is 5.97 Å². The molecule has 1 aromatic rings. The van der Waals surface area contributed by atoms with E-state index in [9.17, 15) is 14.7 Å². The Morgan fingerprint density at radius 2 is 1.78 bits per heavy atom. The standard InChI is InChI=1S/C20H24N2O5/c1-2-26-14-6-4-3-5-13(14)21-9-11-22(12-10-21)19(23)17-15-7-8-16(27-15)18(17)20(24)25/h3-8,15-18H,2,9-12H2,1H3,(H,24,25)/t15-,16-,17+,18+/m1/s1. The quantitative estimate of drug-likeness (QED) is 0.787. The molecule has 0 radical (unpaired) electrons. The summed E-state index contributed by atoms with van der Waals surface area (Å²) in [6.07, 6.45) is 2.68. The number of ether oxygens (including phenoxy) is 2. The first-order chi connectivity index (χ1) is 13.1. The second kappa shape index (κ2) is 7.23. The molecule has 1 aromatic carbocycles. The number of nitrogens with zero attached hydrogens (tertiary/aromatic N) is 2. The van der Waals surface area contributed by atoms with E-state index in [1.54, 1.807) is 11.0 Å². The highest BCUT2D eigenvalue weighted by Gasteiger charge is 2.54. The molecule has 3 aliphatic heterocycles. The Hall–Kier alpha value is -2.54. The van der Waals surface area contributed by atoms with Gasteiger partial charge in [-0.05, 0) is 19.1 Å². The SMILES string of the molecule is CCOc1ccccc1N1CCN(C(=O)[C@@H]2[C@@H](C(=O)O)[C@H]3C=C[C@H]2O3)CC1. The van der Waals surface area contributed by atoms with Crippen molar-refractivity contribution in [1.82, 2.24) is 4.90 Å². The number of para-hydroxylation sites is 2. The lowest BCUT2D eigenvalue weighted by molar-refractivity contribution is -0.149. The number of benzene rings is 1. The maximum atomic E-state index is 13.0. The van der Waals surface area contributed by atoms with Gasteiger partial charge < -0.3 is 24.4 Å². The van der Waals surface area contributed by atoms with E-state index < -0.39 is 30.0 Å². The van der Waals surface area contributed by atoms with Gasteiger partial charge in [-0.1, -0.05) is 24.3 Å². The van der Waals surface area contributed by atoms with Crippen molar-refractivity contribution >= 4 is 17.6 Å². The number of amides is 1. The number of carbonyl (C=O) groups excluding carboxylic acids is 1. The summed E-state index contributed by atoms with van der Waals surface area (Å²) >= 11 is 0. The molecule has 0 unspecified atom stereocenters. The minimum absolute atomic E-state index is 0.114. The lowest BCUT2D eigenvalue weighted by Crippen LogP contribution is -2.53. The van der Waals surface area contributed by atoms with Gasteiger partial charge in [-0.25, -0.2) is 0 Å². The third-order valence-electron chi connectivity index (χ3n) is 5.57. The van der Waals surface area contributed by atoms with Crippen molar-refractivity contribution < 1.29 is 24.2 Å². The number of carboxylic acid groups (broad SMARTS) is 1. The summed E-state index contributed by atoms with van der Waals surface area (Å²) < 4.78 is 11.3. The van der Waals surface area contributed by atoms with Crippen LogP contribution in [0.2, 0.25) is 0 Å². The van der Waals surface area contributed by atoms with Crippen LogP contribution >= 0.6 is 0 Å². The van der Waals surface area contributed by atoms with Crippen LogP contribution in [0.25, 0.3) is 0 Å². The van der Waals surface area contributed by atoms with Gasteiger partial charge in [-0.15, -0.1) is 0 Å². The van der Waals surface area contributed by atoms with Crippen molar-refractivity contribution in [3.63, 3.8) is 0 Å². The second-order valence-electron chi connectivity index (χ2n) is 7.05. The number of piperazine rings is 1. The van der Waals surface area contributed by atoms with E-state index in [0.29, 0.717) is 32.8 Å². The molecule has 2 bridgehead atoms. The number of anilines is 1. The minimum Gasteiger partial charge on any atom is -0.492 e. The molecule has 2 saturated heterocycles. The molecule has 2 fully saturated rings. The first-order valence-electron chi connectivity index (χ1n) is 9.42. The highest BCUT2D eigenvalue weighted by Crippen LogP contribution is 2.40. The molecule has 27 heavy (non-hydrogen) atoms. The average Bonchev–Trinajstić information content (AvgIpc) is 3.30. The zero-order valence-electron chi connectivity index (χ0n) is 15.3. The van der Waals surface area contributed by atoms with E-state index >= 15 is 0 Å². The van der Waals surface area contributed by atoms with Crippen LogP contribution < -0.4 is 9.64 Å². The topological polar surface area (TPSA) is 79.3 Å². The van der Waals surface area contributed by atoms with Crippen LogP contribution in [0.1, 0.15) is 6.92 Å². The summed E-state index contributed by atoms with van der Waals surface area (Å²) in [5.41, 5.74) is 1.03. The van der Waals surface area contributed by atoms with Crippen LogP contribution in [0.15, 0.2) is 36.4 Å². The van der Waals surface area contributed by atoms with Crippen LogP contribution in [-0.4, -0.2) is 66.9 Å². The molecule has 3 aliphatic rings. The van der Waals surface area contributed by atoms with Crippen molar-refractivity contribution in [2.24, 2.45) is 11.8 Å². The summed E-state index contributed by atoms with van der Waals surface area (Å²) in [7, 11) is 0. The van der Waals surface area contributed by atoms with Crippen LogP contribution in [0.3, 0.4) is 0 Å². The normalized spacial score (nSPS) is 29.2. The highest BCUT2D eigenvalue weighted by molar-refractivity contribution is 5.87. The van der Waals surface area contributed by atoms with Gasteiger partial charge in [-0.2, -0.15) is 0 Å². The van der Waals surface area contributed by atoms with Gasteiger partial charge in [0, 0.05) is 26.2 Å². The molecule has 7 nitrogen and oxygen atoms in total. The van der Waals surface area contributed by atoms with Crippen LogP contribution in [0, 0.1) is 11.8 Å². The first kappa shape index (κ1) is 17.9. The summed E-state index contributed by atoms with van der Waals surface area (Å²) in [5.74, 6) is -1.65. The summed E-state index contributed by atoms with van der Waals surface area (Å²) in [6.45, 7) is 5.05. The number of carboxylic acids is 1. The predicted octanol–water partition coefficient (Wildman–Crippen LogP) is 1.39. The number of fused-ring (bicyclic) bond motifs is 2. The fourth-order valence-electron chi connectivity index (χ4n) is 4.27. The van der Waals surface area contributed by atoms with E-state index in [1.165, 1.54) is 0 Å². The Bertz CT molecular complexity index is 756. The third kappa shape index (κ3) is 3.16. The van der Waals surface area contributed by atoms with Crippen molar-refractivity contribution in [3.8, 4) is 5.75 Å². The summed E-state index contributed by atoms with van der Waals surface area (Å²) in [6, 6.07) is 7.90. The molecule has 4 atom stereocenters. The molecule has 7 heteroatoms. The molecule has 0 saturated carbocycles. The monoisotopic (exact) mass is 372 g/mol. The zero-order valence-corrected chi connectivity index (χ0v) is 15.3. The van der Waals surface area contributed by atoms with Gasteiger partial charge in [0.1, 0.15) is 11.7 Å². The molecular formula is C20H24N2O5. The van der Waals surface area contributed by atoms with Crippen LogP contribution in [-0.2, 0) is 14.3 Å². The van der Waals surface area contributed by atoms with E-state index in [1.807, 2.05) is 37.3 Å². The molecule has 1 N–H and O–H groups in total. The Labute approximate surface area is 158 Å². The number of carbonyl (C=O) groups is 2. The van der Waals surface area contributed by atoms with E-state index in [0.717, 1.165) is 11.4 Å². The molecule has 0 spiro atoms. The van der Waals surface area contributed by atoms with Gasteiger partial charge in [-0.3, -0.25) is 9.59 Å². The van der Waals surface area contributed by atoms with E-state index in [2.05, 4.69) is 4.90 Å². The maximum absolute atomic E-state index is 13.0. The fourth-order valence-corrected chi connectivity index (χ4v) is 4.27. The molecule has 4 rings (SSSR count). The van der Waals surface area contributed by atoms with Crippen molar-refractivity contribution in [2.75, 3.05) is 37.7 Å². The number of hydrogen-bond acceptors (Lipinski definition) is 5. The minimum atomic E-state index is -0.963. The highest BCUT2D eigenvalue weighted by atomic mass is 16.5. The Balaban J connectivity index is 1.43. The lowest BCUT2D eigenvalue weighted by atomic mass is 9.82. The first-order valence-corrected chi connectivity index (χ1v) is 9.42. The predicted molar refractivity (Wildman–Crippen MR) is 98.8 cm³/mol. The Morgan fingerprint density at radius 1 is 1.11 bits per heavy atom. The second-order valence-corrected chi connectivity index (χ2v) is 7.05. The fraction of sp³-hybridized carbons (Fsp3) is 0.500. The number of aliphatic carboxylic acids is 1. The average molecular weight is 372 g/mol. The molecule has 144 valence electrons. The van der Waals surface area contributed by atoms with Crippen LogP contribution in [0.5, 0.6) is 5.75 Å². The Kier molecular flexibility index (Phi) is 4.78.